The number of hydrogen-bond acceptors (Lipinski definition) is 6. The van der Waals surface area contributed by atoms with E-state index in [2.05, 4.69) is 21.3 Å². The molecule has 1 aliphatic heterocycles. The Balaban J connectivity index is 1.83. The first-order chi connectivity index (χ1) is 18.5. The molecule has 2 aromatic rings. The Labute approximate surface area is 226 Å². The van der Waals surface area contributed by atoms with Gasteiger partial charge in [-0.2, -0.15) is 0 Å². The summed E-state index contributed by atoms with van der Waals surface area (Å²) in [5, 5.41) is 20.2. The quantitative estimate of drug-likeness (QED) is 0.392. The summed E-state index contributed by atoms with van der Waals surface area (Å²) in [6.45, 7) is 3.65. The molecule has 4 amide bonds. The number of rotatable bonds is 3. The van der Waals surface area contributed by atoms with E-state index in [-0.39, 0.29) is 43.2 Å². The molecule has 11 nitrogen and oxygen atoms in total. The maximum Gasteiger partial charge on any atom is 0.326 e. The number of amides is 4. The first-order valence-electron chi connectivity index (χ1n) is 12.7. The number of ether oxygens (including phenoxy) is 1. The van der Waals surface area contributed by atoms with E-state index in [1.807, 2.05) is 30.3 Å². The zero-order valence-corrected chi connectivity index (χ0v) is 22.0. The summed E-state index contributed by atoms with van der Waals surface area (Å²) < 4.78 is 5.73. The molecule has 1 heterocycles. The fraction of sp³-hybridized carbons (Fsp3) is 0.393. The van der Waals surface area contributed by atoms with Crippen molar-refractivity contribution in [2.24, 2.45) is 0 Å². The number of aliphatic carboxylic acids is 1. The van der Waals surface area contributed by atoms with Crippen LogP contribution in [0.15, 0.2) is 54.6 Å². The summed E-state index contributed by atoms with van der Waals surface area (Å²) in [6.07, 6.45) is -0.0309. The number of hydrogen-bond donors (Lipinski definition) is 5. The van der Waals surface area contributed by atoms with Crippen LogP contribution in [0.4, 0.5) is 0 Å². The van der Waals surface area contributed by atoms with E-state index in [0.29, 0.717) is 6.42 Å². The van der Waals surface area contributed by atoms with Crippen LogP contribution in [-0.2, 0) is 25.6 Å². The predicted molar refractivity (Wildman–Crippen MR) is 142 cm³/mol. The Hall–Kier alpha value is -4.41. The van der Waals surface area contributed by atoms with Gasteiger partial charge in [-0.3, -0.25) is 19.2 Å². The second-order valence-electron chi connectivity index (χ2n) is 9.98. The van der Waals surface area contributed by atoms with Crippen molar-refractivity contribution in [2.75, 3.05) is 13.2 Å². The highest BCUT2D eigenvalue weighted by molar-refractivity contribution is 5.99. The van der Waals surface area contributed by atoms with Crippen LogP contribution < -0.4 is 26.0 Å². The smallest absolute Gasteiger partial charge is 0.326 e. The van der Waals surface area contributed by atoms with Gasteiger partial charge in [0.25, 0.3) is 5.91 Å². The van der Waals surface area contributed by atoms with Gasteiger partial charge in [-0.25, -0.2) is 4.79 Å². The van der Waals surface area contributed by atoms with E-state index in [1.165, 1.54) is 6.07 Å². The predicted octanol–water partition coefficient (Wildman–Crippen LogP) is 1.17. The van der Waals surface area contributed by atoms with E-state index in [0.717, 1.165) is 5.56 Å². The maximum atomic E-state index is 13.0. The highest BCUT2D eigenvalue weighted by Crippen LogP contribution is 2.19. The average Bonchev–Trinajstić information content (AvgIpc) is 2.87. The van der Waals surface area contributed by atoms with Crippen molar-refractivity contribution in [3.05, 3.63) is 65.7 Å². The van der Waals surface area contributed by atoms with Crippen LogP contribution in [-0.4, -0.2) is 65.5 Å². The fourth-order valence-corrected chi connectivity index (χ4v) is 4.17. The zero-order valence-electron chi connectivity index (χ0n) is 22.0. The third-order valence-corrected chi connectivity index (χ3v) is 6.02. The van der Waals surface area contributed by atoms with Crippen LogP contribution in [0.25, 0.3) is 0 Å². The van der Waals surface area contributed by atoms with Gasteiger partial charge in [0.2, 0.25) is 17.7 Å². The Morgan fingerprint density at radius 3 is 2.38 bits per heavy atom. The lowest BCUT2D eigenvalue weighted by molar-refractivity contribution is -0.141. The lowest BCUT2D eigenvalue weighted by Gasteiger charge is -2.28. The molecule has 0 bridgehead atoms. The first-order valence-corrected chi connectivity index (χ1v) is 12.7. The van der Waals surface area contributed by atoms with Crippen molar-refractivity contribution in [3.8, 4) is 5.75 Å². The summed E-state index contributed by atoms with van der Waals surface area (Å²) in [5.41, 5.74) is -0.0874. The van der Waals surface area contributed by atoms with Gasteiger partial charge in [-0.1, -0.05) is 42.5 Å². The van der Waals surface area contributed by atoms with Gasteiger partial charge in [0.15, 0.2) is 0 Å². The minimum atomic E-state index is -1.51. The highest BCUT2D eigenvalue weighted by Gasteiger charge is 2.31. The maximum absolute atomic E-state index is 13.0. The van der Waals surface area contributed by atoms with Crippen molar-refractivity contribution in [1.82, 2.24) is 21.3 Å². The Morgan fingerprint density at radius 1 is 0.974 bits per heavy atom. The van der Waals surface area contributed by atoms with Crippen molar-refractivity contribution in [2.45, 2.75) is 57.2 Å². The second kappa shape index (κ2) is 13.4. The molecule has 3 rings (SSSR count). The van der Waals surface area contributed by atoms with Gasteiger partial charge in [-0.15, -0.1) is 0 Å². The average molecular weight is 539 g/mol. The highest BCUT2D eigenvalue weighted by atomic mass is 16.5. The molecular formula is C28H34N4O7. The van der Waals surface area contributed by atoms with Crippen molar-refractivity contribution in [3.63, 3.8) is 0 Å². The fourth-order valence-electron chi connectivity index (χ4n) is 4.17. The van der Waals surface area contributed by atoms with Crippen LogP contribution in [0.2, 0.25) is 0 Å². The standard InChI is InChI=1S/C28H34N4O7/c1-28(2)17-24(34)30-20(15-18-9-4-3-5-10-18)26(36)29-13-8-14-39-22-12-7-6-11-19(22)25(35)31-21(27(37)38)16-23(33)32-28/h3-7,9-12,20-21H,8,13-17H2,1-2H3,(H,29,36)(H,30,34)(H,31,35)(H,32,33)(H,37,38)/t20-,21-/m0/s1. The summed E-state index contributed by atoms with van der Waals surface area (Å²) in [5.74, 6) is -3.34. The van der Waals surface area contributed by atoms with Gasteiger partial charge >= 0.3 is 5.97 Å². The molecule has 39 heavy (non-hydrogen) atoms. The van der Waals surface area contributed by atoms with Crippen molar-refractivity contribution < 1.29 is 33.8 Å². The van der Waals surface area contributed by atoms with E-state index in [1.54, 1.807) is 32.0 Å². The van der Waals surface area contributed by atoms with Crippen LogP contribution >= 0.6 is 0 Å². The third kappa shape index (κ3) is 9.13. The Morgan fingerprint density at radius 2 is 1.67 bits per heavy atom. The van der Waals surface area contributed by atoms with Crippen molar-refractivity contribution >= 4 is 29.6 Å². The second-order valence-corrected chi connectivity index (χ2v) is 9.98. The Kier molecular flexibility index (Phi) is 10.0. The largest absolute Gasteiger partial charge is 0.493 e. The Bertz CT molecular complexity index is 1200. The number of fused-ring (bicyclic) bond motifs is 1. The first kappa shape index (κ1) is 29.2. The lowest BCUT2D eigenvalue weighted by atomic mass is 9.98. The third-order valence-electron chi connectivity index (χ3n) is 6.02. The number of carboxylic acid groups (broad SMARTS) is 1. The van der Waals surface area contributed by atoms with Crippen LogP contribution in [0.1, 0.15) is 49.0 Å². The van der Waals surface area contributed by atoms with Crippen LogP contribution in [0.5, 0.6) is 5.75 Å². The topological polar surface area (TPSA) is 163 Å². The molecule has 2 aromatic carbocycles. The molecule has 5 N–H and O–H groups in total. The van der Waals surface area contributed by atoms with E-state index in [9.17, 15) is 29.1 Å². The SMILES string of the molecule is CC1(C)CC(=O)N[C@@H](Cc2ccccc2)C(=O)NCCCOc2ccccc2C(=O)N[C@H](C(=O)O)CC(=O)N1. The molecule has 11 heteroatoms. The van der Waals surface area contributed by atoms with Crippen LogP contribution in [0, 0.1) is 0 Å². The summed E-state index contributed by atoms with van der Waals surface area (Å²) in [7, 11) is 0. The molecule has 0 aromatic heterocycles. The van der Waals surface area contributed by atoms with Crippen molar-refractivity contribution in [1.29, 1.82) is 0 Å². The van der Waals surface area contributed by atoms with Gasteiger partial charge in [0.05, 0.1) is 18.6 Å². The summed E-state index contributed by atoms with van der Waals surface area (Å²) >= 11 is 0. The van der Waals surface area contributed by atoms with Crippen LogP contribution in [0.3, 0.4) is 0 Å². The number of carbonyl (C=O) groups excluding carboxylic acids is 4. The van der Waals surface area contributed by atoms with Gasteiger partial charge in [-0.05, 0) is 38.0 Å². The minimum Gasteiger partial charge on any atom is -0.493 e. The molecule has 0 unspecified atom stereocenters. The lowest BCUT2D eigenvalue weighted by Crippen LogP contribution is -2.53. The van der Waals surface area contributed by atoms with E-state index in [4.69, 9.17) is 4.74 Å². The van der Waals surface area contributed by atoms with Gasteiger partial charge < -0.3 is 31.1 Å². The molecular weight excluding hydrogens is 504 g/mol. The molecule has 2 atom stereocenters. The summed E-state index contributed by atoms with van der Waals surface area (Å²) in [6, 6.07) is 13.2. The number of carbonyl (C=O) groups is 5. The molecule has 0 radical (unpaired) electrons. The number of carboxylic acids is 1. The molecule has 1 aliphatic rings. The number of nitrogens with one attached hydrogen (secondary N) is 4. The molecule has 0 aliphatic carbocycles. The molecule has 208 valence electrons. The molecule has 0 saturated heterocycles. The molecule has 0 spiro atoms. The molecule has 0 saturated carbocycles. The summed E-state index contributed by atoms with van der Waals surface area (Å²) in [4.78, 5) is 63.3. The number of benzene rings is 2. The van der Waals surface area contributed by atoms with Gasteiger partial charge in [0.1, 0.15) is 17.8 Å². The number of para-hydroxylation sites is 1. The zero-order chi connectivity index (χ0) is 28.4. The normalized spacial score (nSPS) is 21.3. The van der Waals surface area contributed by atoms with E-state index < -0.39 is 47.7 Å². The minimum absolute atomic E-state index is 0.115. The van der Waals surface area contributed by atoms with Gasteiger partial charge in [0, 0.05) is 24.9 Å². The van der Waals surface area contributed by atoms with E-state index >= 15 is 0 Å². The molecule has 0 fully saturated rings. The monoisotopic (exact) mass is 538 g/mol.